The zero-order valence-electron chi connectivity index (χ0n) is 7.53. The Labute approximate surface area is 77.8 Å². The maximum Gasteiger partial charge on any atom is 0.150 e. The summed E-state index contributed by atoms with van der Waals surface area (Å²) in [6.45, 7) is 1.87. The Balaban J connectivity index is 2.78. The van der Waals surface area contributed by atoms with E-state index in [-0.39, 0.29) is 5.92 Å². The van der Waals surface area contributed by atoms with Gasteiger partial charge in [-0.1, -0.05) is 18.2 Å². The van der Waals surface area contributed by atoms with Crippen LogP contribution in [0.1, 0.15) is 22.8 Å². The van der Waals surface area contributed by atoms with E-state index in [0.717, 1.165) is 11.8 Å². The van der Waals surface area contributed by atoms with E-state index >= 15 is 0 Å². The molecule has 0 bridgehead atoms. The summed E-state index contributed by atoms with van der Waals surface area (Å²) in [6.07, 6.45) is 1.53. The van der Waals surface area contributed by atoms with E-state index in [2.05, 4.69) is 6.07 Å². The number of carbonyl (C=O) groups excluding carboxylic acids is 1. The summed E-state index contributed by atoms with van der Waals surface area (Å²) < 4.78 is 0. The molecule has 0 fully saturated rings. The number of hydrogen-bond donors (Lipinski definition) is 0. The first-order chi connectivity index (χ1) is 6.26. The lowest BCUT2D eigenvalue weighted by molar-refractivity contribution is 0.112. The standard InChI is InChI=1S/C11H11NO/c1-9(7-12)5-10-3-2-4-11(6-10)8-13/h2-4,6,8-9H,5H2,1H3. The zero-order chi connectivity index (χ0) is 9.68. The predicted octanol–water partition coefficient (Wildman–Crippen LogP) is 2.20. The van der Waals surface area contributed by atoms with Crippen molar-refractivity contribution in [3.05, 3.63) is 35.4 Å². The lowest BCUT2D eigenvalue weighted by Crippen LogP contribution is -1.96. The highest BCUT2D eigenvalue weighted by molar-refractivity contribution is 5.74. The molecule has 1 unspecified atom stereocenters. The van der Waals surface area contributed by atoms with Gasteiger partial charge < -0.3 is 0 Å². The van der Waals surface area contributed by atoms with Crippen LogP contribution in [-0.4, -0.2) is 6.29 Å². The van der Waals surface area contributed by atoms with E-state index in [1.165, 1.54) is 0 Å². The summed E-state index contributed by atoms with van der Waals surface area (Å²) in [5.74, 6) is 0.00176. The fourth-order valence-electron chi connectivity index (χ4n) is 1.19. The molecule has 0 aromatic heterocycles. The Bertz CT molecular complexity index is 338. The molecule has 1 atom stereocenters. The fraction of sp³-hybridized carbons (Fsp3) is 0.273. The van der Waals surface area contributed by atoms with Crippen LogP contribution >= 0.6 is 0 Å². The highest BCUT2D eigenvalue weighted by atomic mass is 16.1. The topological polar surface area (TPSA) is 40.9 Å². The van der Waals surface area contributed by atoms with Crippen LogP contribution in [0.15, 0.2) is 24.3 Å². The Kier molecular flexibility index (Phi) is 3.22. The summed E-state index contributed by atoms with van der Waals surface area (Å²) in [5.41, 5.74) is 1.71. The minimum absolute atomic E-state index is 0.00176. The third kappa shape index (κ3) is 2.72. The van der Waals surface area contributed by atoms with Crippen LogP contribution < -0.4 is 0 Å². The largest absolute Gasteiger partial charge is 0.298 e. The summed E-state index contributed by atoms with van der Waals surface area (Å²) in [4.78, 5) is 10.4. The lowest BCUT2D eigenvalue weighted by atomic mass is 10.0. The van der Waals surface area contributed by atoms with Gasteiger partial charge in [0, 0.05) is 11.5 Å². The van der Waals surface area contributed by atoms with Crippen molar-refractivity contribution in [2.75, 3.05) is 0 Å². The summed E-state index contributed by atoms with van der Waals surface area (Å²) in [6, 6.07) is 9.51. The second-order valence-electron chi connectivity index (χ2n) is 3.10. The molecule has 13 heavy (non-hydrogen) atoms. The van der Waals surface area contributed by atoms with Gasteiger partial charge in [0.1, 0.15) is 6.29 Å². The summed E-state index contributed by atoms with van der Waals surface area (Å²) in [7, 11) is 0. The van der Waals surface area contributed by atoms with Gasteiger partial charge in [-0.3, -0.25) is 4.79 Å². The van der Waals surface area contributed by atoms with Crippen LogP contribution in [-0.2, 0) is 6.42 Å². The minimum atomic E-state index is 0.00176. The van der Waals surface area contributed by atoms with Crippen molar-refractivity contribution in [3.63, 3.8) is 0 Å². The summed E-state index contributed by atoms with van der Waals surface area (Å²) >= 11 is 0. The van der Waals surface area contributed by atoms with E-state index in [0.29, 0.717) is 12.0 Å². The number of benzene rings is 1. The van der Waals surface area contributed by atoms with Gasteiger partial charge in [-0.25, -0.2) is 0 Å². The van der Waals surface area contributed by atoms with E-state index in [1.807, 2.05) is 25.1 Å². The molecule has 2 heteroatoms. The van der Waals surface area contributed by atoms with Crippen LogP contribution in [0.25, 0.3) is 0 Å². The number of nitrogens with zero attached hydrogens (tertiary/aromatic N) is 1. The van der Waals surface area contributed by atoms with E-state index in [9.17, 15) is 4.79 Å². The van der Waals surface area contributed by atoms with Gasteiger partial charge in [-0.2, -0.15) is 5.26 Å². The second kappa shape index (κ2) is 4.42. The van der Waals surface area contributed by atoms with Crippen LogP contribution in [0.4, 0.5) is 0 Å². The van der Waals surface area contributed by atoms with Crippen molar-refractivity contribution in [1.82, 2.24) is 0 Å². The van der Waals surface area contributed by atoms with E-state index in [1.54, 1.807) is 6.07 Å². The van der Waals surface area contributed by atoms with Crippen molar-refractivity contribution in [1.29, 1.82) is 5.26 Å². The maximum atomic E-state index is 10.4. The quantitative estimate of drug-likeness (QED) is 0.657. The fourth-order valence-corrected chi connectivity index (χ4v) is 1.19. The molecule has 1 rings (SSSR count). The lowest BCUT2D eigenvalue weighted by Gasteiger charge is -2.02. The first kappa shape index (κ1) is 9.47. The van der Waals surface area contributed by atoms with Crippen LogP contribution in [0.3, 0.4) is 0 Å². The molecular formula is C11H11NO. The molecule has 1 aromatic carbocycles. The number of carbonyl (C=O) groups is 1. The third-order valence-electron chi connectivity index (χ3n) is 1.85. The molecule has 0 aliphatic rings. The van der Waals surface area contributed by atoms with Gasteiger partial charge in [0.25, 0.3) is 0 Å². The molecule has 66 valence electrons. The molecule has 0 radical (unpaired) electrons. The van der Waals surface area contributed by atoms with Gasteiger partial charge in [-0.05, 0) is 25.0 Å². The molecular weight excluding hydrogens is 162 g/mol. The highest BCUT2D eigenvalue weighted by Crippen LogP contribution is 2.09. The minimum Gasteiger partial charge on any atom is -0.298 e. The molecule has 1 aromatic rings. The zero-order valence-corrected chi connectivity index (χ0v) is 7.53. The molecule has 0 spiro atoms. The number of rotatable bonds is 3. The first-order valence-corrected chi connectivity index (χ1v) is 4.20. The molecule has 0 saturated heterocycles. The smallest absolute Gasteiger partial charge is 0.150 e. The van der Waals surface area contributed by atoms with Gasteiger partial charge in [0.2, 0.25) is 0 Å². The Morgan fingerprint density at radius 1 is 1.62 bits per heavy atom. The van der Waals surface area contributed by atoms with Crippen molar-refractivity contribution in [2.45, 2.75) is 13.3 Å². The van der Waals surface area contributed by atoms with Crippen molar-refractivity contribution in [3.8, 4) is 6.07 Å². The normalized spacial score (nSPS) is 11.7. The van der Waals surface area contributed by atoms with Crippen LogP contribution in [0.5, 0.6) is 0 Å². The van der Waals surface area contributed by atoms with Crippen molar-refractivity contribution in [2.24, 2.45) is 5.92 Å². The predicted molar refractivity (Wildman–Crippen MR) is 50.3 cm³/mol. The monoisotopic (exact) mass is 173 g/mol. The average Bonchev–Trinajstić information content (AvgIpc) is 2.18. The SMILES string of the molecule is CC(C#N)Cc1cccc(C=O)c1. The maximum absolute atomic E-state index is 10.4. The van der Waals surface area contributed by atoms with Crippen molar-refractivity contribution < 1.29 is 4.79 Å². The molecule has 0 aliphatic heterocycles. The first-order valence-electron chi connectivity index (χ1n) is 4.20. The van der Waals surface area contributed by atoms with Gasteiger partial charge >= 0.3 is 0 Å². The molecule has 2 nitrogen and oxygen atoms in total. The molecule has 0 saturated carbocycles. The average molecular weight is 173 g/mol. The molecule has 0 amide bonds. The number of hydrogen-bond acceptors (Lipinski definition) is 2. The molecule has 0 heterocycles. The molecule has 0 aliphatic carbocycles. The van der Waals surface area contributed by atoms with E-state index < -0.39 is 0 Å². The number of aldehydes is 1. The van der Waals surface area contributed by atoms with Gasteiger partial charge in [0.05, 0.1) is 6.07 Å². The summed E-state index contributed by atoms with van der Waals surface area (Å²) in [5, 5.41) is 8.60. The highest BCUT2D eigenvalue weighted by Gasteiger charge is 2.01. The van der Waals surface area contributed by atoms with Gasteiger partial charge in [0.15, 0.2) is 0 Å². The Morgan fingerprint density at radius 2 is 2.38 bits per heavy atom. The van der Waals surface area contributed by atoms with Crippen LogP contribution in [0, 0.1) is 17.2 Å². The van der Waals surface area contributed by atoms with Crippen LogP contribution in [0.2, 0.25) is 0 Å². The van der Waals surface area contributed by atoms with Gasteiger partial charge in [-0.15, -0.1) is 0 Å². The molecule has 0 N–H and O–H groups in total. The van der Waals surface area contributed by atoms with E-state index in [4.69, 9.17) is 5.26 Å². The van der Waals surface area contributed by atoms with Crippen molar-refractivity contribution >= 4 is 6.29 Å². The Morgan fingerprint density at radius 3 is 3.00 bits per heavy atom. The number of nitriles is 1. The second-order valence-corrected chi connectivity index (χ2v) is 3.10. The Hall–Kier alpha value is -1.62. The third-order valence-corrected chi connectivity index (χ3v) is 1.85.